The molecule has 4 rings (SSSR count). The van der Waals surface area contributed by atoms with Crippen molar-refractivity contribution in [2.75, 3.05) is 6.79 Å². The van der Waals surface area contributed by atoms with E-state index in [2.05, 4.69) is 13.8 Å². The fourth-order valence-corrected chi connectivity index (χ4v) is 3.32. The normalized spacial score (nSPS) is 19.2. The predicted molar refractivity (Wildman–Crippen MR) is 74.2 cm³/mol. The topological polar surface area (TPSA) is 52.6 Å². The standard InChI is InChI=1S/C16H14O4/c1-7(2)9-3-8-4-11-12(20-6-19-11)5-10(8)14-13(9)15(17)16(14)18/h4-5,7,9H,3,6H2,1-2H3. The summed E-state index contributed by atoms with van der Waals surface area (Å²) in [7, 11) is 0. The molecule has 2 aliphatic rings. The lowest BCUT2D eigenvalue weighted by Gasteiger charge is -2.31. The first-order valence-electron chi connectivity index (χ1n) is 6.84. The Morgan fingerprint density at radius 1 is 1.10 bits per heavy atom. The maximum atomic E-state index is 11.9. The van der Waals surface area contributed by atoms with Gasteiger partial charge in [0.2, 0.25) is 17.7 Å². The van der Waals surface area contributed by atoms with Crippen LogP contribution in [0.2, 0.25) is 0 Å². The third kappa shape index (κ3) is 1.31. The highest BCUT2D eigenvalue weighted by atomic mass is 16.7. The van der Waals surface area contributed by atoms with Gasteiger partial charge in [-0.05, 0) is 41.5 Å². The van der Waals surface area contributed by atoms with Crippen molar-refractivity contribution in [2.24, 2.45) is 5.92 Å². The monoisotopic (exact) mass is 270 g/mol. The van der Waals surface area contributed by atoms with Gasteiger partial charge in [-0.2, -0.15) is 0 Å². The fourth-order valence-electron chi connectivity index (χ4n) is 3.32. The molecule has 0 aromatic heterocycles. The number of hydrogen-bond donors (Lipinski definition) is 0. The van der Waals surface area contributed by atoms with Gasteiger partial charge in [0.25, 0.3) is 0 Å². The molecular weight excluding hydrogens is 256 g/mol. The van der Waals surface area contributed by atoms with Gasteiger partial charge >= 0.3 is 0 Å². The summed E-state index contributed by atoms with van der Waals surface area (Å²) in [5, 5.41) is 0. The van der Waals surface area contributed by atoms with Crippen molar-refractivity contribution in [2.45, 2.75) is 26.2 Å². The second-order valence-corrected chi connectivity index (χ2v) is 5.86. The van der Waals surface area contributed by atoms with Crippen LogP contribution in [-0.2, 0) is 6.42 Å². The Bertz CT molecular complexity index is 794. The van der Waals surface area contributed by atoms with Crippen molar-refractivity contribution < 1.29 is 9.47 Å². The molecule has 2 aromatic carbocycles. The molecule has 1 atom stereocenters. The molecule has 1 aliphatic carbocycles. The first-order chi connectivity index (χ1) is 9.58. The maximum absolute atomic E-state index is 11.9. The van der Waals surface area contributed by atoms with Crippen LogP contribution in [-0.4, -0.2) is 6.79 Å². The van der Waals surface area contributed by atoms with Gasteiger partial charge in [0, 0.05) is 11.1 Å². The van der Waals surface area contributed by atoms with Crippen molar-refractivity contribution >= 4 is 0 Å². The van der Waals surface area contributed by atoms with Crippen molar-refractivity contribution in [1.82, 2.24) is 0 Å². The lowest BCUT2D eigenvalue weighted by Crippen LogP contribution is -2.42. The summed E-state index contributed by atoms with van der Waals surface area (Å²) in [6.07, 6.45) is 0.779. The third-order valence-electron chi connectivity index (χ3n) is 4.43. The zero-order chi connectivity index (χ0) is 14.0. The van der Waals surface area contributed by atoms with Crippen LogP contribution < -0.4 is 20.3 Å². The van der Waals surface area contributed by atoms with Crippen LogP contribution in [0.15, 0.2) is 21.7 Å². The Balaban J connectivity index is 1.97. The van der Waals surface area contributed by atoms with Gasteiger partial charge in [-0.15, -0.1) is 0 Å². The molecule has 0 bridgehead atoms. The van der Waals surface area contributed by atoms with Gasteiger partial charge in [-0.3, -0.25) is 9.59 Å². The lowest BCUT2D eigenvalue weighted by atomic mass is 9.71. The molecule has 1 unspecified atom stereocenters. The molecule has 1 aliphatic heterocycles. The predicted octanol–water partition coefficient (Wildman–Crippen LogP) is 1.97. The van der Waals surface area contributed by atoms with Crippen molar-refractivity contribution in [3.8, 4) is 22.6 Å². The Morgan fingerprint density at radius 2 is 1.80 bits per heavy atom. The second kappa shape index (κ2) is 3.72. The molecule has 0 spiro atoms. The van der Waals surface area contributed by atoms with Crippen molar-refractivity contribution in [3.05, 3.63) is 43.7 Å². The largest absolute Gasteiger partial charge is 0.454 e. The Hall–Kier alpha value is -2.10. The number of fused-ring (bicyclic) bond motifs is 4. The minimum Gasteiger partial charge on any atom is -0.454 e. The SMILES string of the molecule is CC(C)C1Cc2cc3c(cc2-c2c1c(=O)c2=O)OCO3. The highest BCUT2D eigenvalue weighted by molar-refractivity contribution is 5.79. The summed E-state index contributed by atoms with van der Waals surface area (Å²) in [6.45, 7) is 4.39. The summed E-state index contributed by atoms with van der Waals surface area (Å²) in [4.78, 5) is 23.8. The molecule has 20 heavy (non-hydrogen) atoms. The highest BCUT2D eigenvalue weighted by Gasteiger charge is 2.37. The Labute approximate surface area is 115 Å². The van der Waals surface area contributed by atoms with E-state index in [1.165, 1.54) is 0 Å². The van der Waals surface area contributed by atoms with Crippen LogP contribution in [0.4, 0.5) is 0 Å². The van der Waals surface area contributed by atoms with Gasteiger partial charge < -0.3 is 9.47 Å². The van der Waals surface area contributed by atoms with E-state index in [-0.39, 0.29) is 23.6 Å². The molecule has 0 saturated heterocycles. The second-order valence-electron chi connectivity index (χ2n) is 5.86. The van der Waals surface area contributed by atoms with Gasteiger partial charge in [0.15, 0.2) is 11.5 Å². The zero-order valence-electron chi connectivity index (χ0n) is 11.4. The maximum Gasteiger partial charge on any atom is 0.234 e. The summed E-state index contributed by atoms with van der Waals surface area (Å²) in [6, 6.07) is 3.79. The van der Waals surface area contributed by atoms with Gasteiger partial charge in [-0.25, -0.2) is 0 Å². The molecule has 0 fully saturated rings. The minimum absolute atomic E-state index is 0.128. The summed E-state index contributed by atoms with van der Waals surface area (Å²) < 4.78 is 10.8. The van der Waals surface area contributed by atoms with Crippen LogP contribution in [0.3, 0.4) is 0 Å². The zero-order valence-corrected chi connectivity index (χ0v) is 11.4. The van der Waals surface area contributed by atoms with E-state index < -0.39 is 0 Å². The molecular formula is C16H14O4. The Morgan fingerprint density at radius 3 is 2.50 bits per heavy atom. The quantitative estimate of drug-likeness (QED) is 0.743. The molecule has 0 amide bonds. The number of hydrogen-bond acceptors (Lipinski definition) is 4. The van der Waals surface area contributed by atoms with Crippen molar-refractivity contribution in [1.29, 1.82) is 0 Å². The van der Waals surface area contributed by atoms with E-state index in [0.717, 1.165) is 28.9 Å². The molecule has 0 saturated carbocycles. The molecule has 0 N–H and O–H groups in total. The molecule has 4 nitrogen and oxygen atoms in total. The lowest BCUT2D eigenvalue weighted by molar-refractivity contribution is 0.174. The molecule has 2 aromatic rings. The fraction of sp³-hybridized carbons (Fsp3) is 0.375. The third-order valence-corrected chi connectivity index (χ3v) is 4.43. The smallest absolute Gasteiger partial charge is 0.234 e. The van der Waals surface area contributed by atoms with Crippen LogP contribution in [0.25, 0.3) is 11.1 Å². The van der Waals surface area contributed by atoms with E-state index in [1.54, 1.807) is 0 Å². The number of benzene rings is 1. The number of ether oxygens (including phenoxy) is 2. The van der Waals surface area contributed by atoms with Crippen molar-refractivity contribution in [3.63, 3.8) is 0 Å². The minimum atomic E-state index is -0.356. The van der Waals surface area contributed by atoms with Crippen LogP contribution >= 0.6 is 0 Å². The van der Waals surface area contributed by atoms with Gasteiger partial charge in [0.1, 0.15) is 0 Å². The first kappa shape index (κ1) is 11.7. The van der Waals surface area contributed by atoms with Crippen LogP contribution in [0.5, 0.6) is 11.5 Å². The highest BCUT2D eigenvalue weighted by Crippen LogP contribution is 2.45. The van der Waals surface area contributed by atoms with Gasteiger partial charge in [0.05, 0.1) is 0 Å². The average Bonchev–Trinajstić information content (AvgIpc) is 2.88. The van der Waals surface area contributed by atoms with E-state index in [4.69, 9.17) is 9.47 Å². The van der Waals surface area contributed by atoms with E-state index in [0.29, 0.717) is 17.2 Å². The summed E-state index contributed by atoms with van der Waals surface area (Å²) >= 11 is 0. The Kier molecular flexibility index (Phi) is 2.18. The van der Waals surface area contributed by atoms with E-state index in [9.17, 15) is 9.59 Å². The summed E-state index contributed by atoms with van der Waals surface area (Å²) in [5.74, 6) is 1.85. The first-order valence-corrected chi connectivity index (χ1v) is 6.84. The van der Waals surface area contributed by atoms with Crippen LogP contribution in [0.1, 0.15) is 30.9 Å². The molecule has 4 heteroatoms. The number of rotatable bonds is 1. The molecule has 102 valence electrons. The molecule has 1 heterocycles. The van der Waals surface area contributed by atoms with E-state index in [1.807, 2.05) is 12.1 Å². The summed E-state index contributed by atoms with van der Waals surface area (Å²) in [5.41, 5.74) is 2.59. The average molecular weight is 270 g/mol. The van der Waals surface area contributed by atoms with Gasteiger partial charge in [-0.1, -0.05) is 13.8 Å². The van der Waals surface area contributed by atoms with Crippen LogP contribution in [0, 0.1) is 5.92 Å². The molecule has 0 radical (unpaired) electrons. The van der Waals surface area contributed by atoms with E-state index >= 15 is 0 Å².